The van der Waals surface area contributed by atoms with E-state index in [2.05, 4.69) is 18.0 Å². The number of hydrogen-bond donors (Lipinski definition) is 0. The number of hydrogen-bond acceptors (Lipinski definition) is 1. The second kappa shape index (κ2) is 4.22. The number of pyridine rings is 1. The van der Waals surface area contributed by atoms with Crippen molar-refractivity contribution in [2.75, 3.05) is 0 Å². The van der Waals surface area contributed by atoms with Crippen LogP contribution in [0.2, 0.25) is 0 Å². The summed E-state index contributed by atoms with van der Waals surface area (Å²) in [5.41, 5.74) is 4.04. The smallest absolute Gasteiger partial charge is 0.123 e. The van der Waals surface area contributed by atoms with Crippen molar-refractivity contribution in [1.82, 2.24) is 4.98 Å². The lowest BCUT2D eigenvalue weighted by Crippen LogP contribution is -1.88. The van der Waals surface area contributed by atoms with Gasteiger partial charge in [-0.25, -0.2) is 9.37 Å². The molecule has 0 radical (unpaired) electrons. The molecule has 2 heteroatoms. The van der Waals surface area contributed by atoms with E-state index < -0.39 is 0 Å². The van der Waals surface area contributed by atoms with Gasteiger partial charge in [0.25, 0.3) is 0 Å². The van der Waals surface area contributed by atoms with E-state index in [9.17, 15) is 4.39 Å². The molecular weight excluding hydrogens is 225 g/mol. The van der Waals surface area contributed by atoms with E-state index in [1.54, 1.807) is 6.07 Å². The molecule has 0 amide bonds. The summed E-state index contributed by atoms with van der Waals surface area (Å²) in [5, 5.41) is 0.826. The van der Waals surface area contributed by atoms with E-state index in [4.69, 9.17) is 0 Å². The summed E-state index contributed by atoms with van der Waals surface area (Å²) >= 11 is 0. The summed E-state index contributed by atoms with van der Waals surface area (Å²) in [6, 6.07) is 16.6. The van der Waals surface area contributed by atoms with Gasteiger partial charge in [0.1, 0.15) is 5.82 Å². The molecule has 88 valence electrons. The molecule has 3 rings (SSSR count). The van der Waals surface area contributed by atoms with Gasteiger partial charge >= 0.3 is 0 Å². The quantitative estimate of drug-likeness (QED) is 0.613. The fourth-order valence-electron chi connectivity index (χ4n) is 2.11. The average Bonchev–Trinajstić information content (AvgIpc) is 2.39. The van der Waals surface area contributed by atoms with Gasteiger partial charge in [-0.3, -0.25) is 0 Å². The van der Waals surface area contributed by atoms with Crippen LogP contribution in [0, 0.1) is 12.7 Å². The predicted molar refractivity (Wildman–Crippen MR) is 71.9 cm³/mol. The molecule has 0 bridgehead atoms. The largest absolute Gasteiger partial charge is 0.248 e. The first-order chi connectivity index (χ1) is 8.74. The zero-order valence-corrected chi connectivity index (χ0v) is 10.0. The van der Waals surface area contributed by atoms with E-state index in [0.717, 1.165) is 22.2 Å². The Labute approximate surface area is 105 Å². The number of fused-ring (bicyclic) bond motifs is 1. The zero-order valence-electron chi connectivity index (χ0n) is 10.0. The molecule has 0 fully saturated rings. The van der Waals surface area contributed by atoms with Crippen molar-refractivity contribution < 1.29 is 4.39 Å². The van der Waals surface area contributed by atoms with Gasteiger partial charge in [-0.15, -0.1) is 0 Å². The van der Waals surface area contributed by atoms with E-state index in [1.807, 2.05) is 30.3 Å². The predicted octanol–water partition coefficient (Wildman–Crippen LogP) is 4.35. The van der Waals surface area contributed by atoms with Crippen molar-refractivity contribution in [2.45, 2.75) is 6.92 Å². The van der Waals surface area contributed by atoms with Crippen molar-refractivity contribution in [3.63, 3.8) is 0 Å². The van der Waals surface area contributed by atoms with Crippen molar-refractivity contribution in [1.29, 1.82) is 0 Å². The molecule has 0 spiro atoms. The first-order valence-electron chi connectivity index (χ1n) is 5.86. The van der Waals surface area contributed by atoms with Gasteiger partial charge < -0.3 is 0 Å². The monoisotopic (exact) mass is 237 g/mol. The number of aryl methyl sites for hydroxylation is 1. The second-order valence-corrected chi connectivity index (χ2v) is 4.35. The van der Waals surface area contributed by atoms with Gasteiger partial charge in [0.2, 0.25) is 0 Å². The van der Waals surface area contributed by atoms with Crippen LogP contribution in [0.3, 0.4) is 0 Å². The molecule has 0 atom stereocenters. The minimum atomic E-state index is -0.229. The fraction of sp³-hybridized carbons (Fsp3) is 0.0625. The summed E-state index contributed by atoms with van der Waals surface area (Å²) in [7, 11) is 0. The minimum Gasteiger partial charge on any atom is -0.248 e. The fourth-order valence-corrected chi connectivity index (χ4v) is 2.11. The van der Waals surface area contributed by atoms with Crippen LogP contribution in [0.25, 0.3) is 22.2 Å². The van der Waals surface area contributed by atoms with Crippen LogP contribution in [-0.2, 0) is 0 Å². The zero-order chi connectivity index (χ0) is 12.5. The summed E-state index contributed by atoms with van der Waals surface area (Å²) in [6.45, 7) is 2.06. The van der Waals surface area contributed by atoms with E-state index in [-0.39, 0.29) is 5.82 Å². The molecule has 1 aromatic heterocycles. The lowest BCUT2D eigenvalue weighted by molar-refractivity contribution is 0.629. The minimum absolute atomic E-state index is 0.229. The Morgan fingerprint density at radius 1 is 0.944 bits per heavy atom. The topological polar surface area (TPSA) is 12.9 Å². The van der Waals surface area contributed by atoms with E-state index in [0.29, 0.717) is 0 Å². The number of rotatable bonds is 1. The van der Waals surface area contributed by atoms with Gasteiger partial charge in [-0.2, -0.15) is 0 Å². The average molecular weight is 237 g/mol. The first kappa shape index (κ1) is 10.9. The lowest BCUT2D eigenvalue weighted by atomic mass is 10.0. The Morgan fingerprint density at radius 2 is 1.78 bits per heavy atom. The Bertz CT molecular complexity index is 719. The summed E-state index contributed by atoms with van der Waals surface area (Å²) in [5.74, 6) is -0.229. The molecule has 0 aliphatic carbocycles. The number of aromatic nitrogens is 1. The van der Waals surface area contributed by atoms with Crippen LogP contribution in [0.4, 0.5) is 4.39 Å². The number of nitrogens with zero attached hydrogens (tertiary/aromatic N) is 1. The Morgan fingerprint density at radius 3 is 2.61 bits per heavy atom. The summed E-state index contributed by atoms with van der Waals surface area (Å²) < 4.78 is 13.1. The second-order valence-electron chi connectivity index (χ2n) is 4.35. The molecule has 2 aromatic carbocycles. The third-order valence-electron chi connectivity index (χ3n) is 3.07. The van der Waals surface area contributed by atoms with E-state index >= 15 is 0 Å². The number of benzene rings is 2. The normalized spacial score (nSPS) is 10.8. The third kappa shape index (κ3) is 1.86. The highest BCUT2D eigenvalue weighted by Crippen LogP contribution is 2.24. The van der Waals surface area contributed by atoms with Crippen molar-refractivity contribution >= 4 is 10.9 Å². The summed E-state index contributed by atoms with van der Waals surface area (Å²) in [6.07, 6.45) is 0. The van der Waals surface area contributed by atoms with E-state index in [1.165, 1.54) is 17.7 Å². The van der Waals surface area contributed by atoms with Crippen LogP contribution < -0.4 is 0 Å². The van der Waals surface area contributed by atoms with Gasteiger partial charge in [-0.1, -0.05) is 30.3 Å². The molecular formula is C16H12FN. The van der Waals surface area contributed by atoms with Crippen LogP contribution in [0.15, 0.2) is 54.6 Å². The van der Waals surface area contributed by atoms with Crippen LogP contribution >= 0.6 is 0 Å². The van der Waals surface area contributed by atoms with Gasteiger partial charge in [-0.05, 0) is 36.8 Å². The van der Waals surface area contributed by atoms with Crippen molar-refractivity contribution in [3.05, 3.63) is 66.0 Å². The maximum atomic E-state index is 13.1. The molecule has 0 unspecified atom stereocenters. The van der Waals surface area contributed by atoms with Crippen molar-refractivity contribution in [3.8, 4) is 11.3 Å². The van der Waals surface area contributed by atoms with Crippen LogP contribution in [0.1, 0.15) is 5.56 Å². The molecule has 0 N–H and O–H groups in total. The number of halogens is 1. The Balaban J connectivity index is 2.20. The molecule has 0 aliphatic rings. The Kier molecular flexibility index (Phi) is 2.56. The molecule has 18 heavy (non-hydrogen) atoms. The maximum Gasteiger partial charge on any atom is 0.123 e. The summed E-state index contributed by atoms with van der Waals surface area (Å²) in [4.78, 5) is 4.58. The molecule has 3 aromatic rings. The highest BCUT2D eigenvalue weighted by atomic mass is 19.1. The molecule has 0 saturated carbocycles. The highest BCUT2D eigenvalue weighted by Gasteiger charge is 2.04. The third-order valence-corrected chi connectivity index (χ3v) is 3.07. The first-order valence-corrected chi connectivity index (χ1v) is 5.86. The Hall–Kier alpha value is -2.22. The van der Waals surface area contributed by atoms with Gasteiger partial charge in [0, 0.05) is 10.9 Å². The van der Waals surface area contributed by atoms with Gasteiger partial charge in [0.15, 0.2) is 0 Å². The standard InChI is InChI=1S/C16H12FN/c1-11-4-2-3-5-14(11)16-8-6-12-10-13(17)7-9-15(12)18-16/h2-10H,1H3. The lowest BCUT2D eigenvalue weighted by Gasteiger charge is -2.06. The maximum absolute atomic E-state index is 13.1. The molecule has 1 nitrogen and oxygen atoms in total. The highest BCUT2D eigenvalue weighted by molar-refractivity contribution is 5.82. The molecule has 0 aliphatic heterocycles. The SMILES string of the molecule is Cc1ccccc1-c1ccc2cc(F)ccc2n1. The molecule has 0 saturated heterocycles. The van der Waals surface area contributed by atoms with Crippen LogP contribution in [-0.4, -0.2) is 4.98 Å². The van der Waals surface area contributed by atoms with Crippen LogP contribution in [0.5, 0.6) is 0 Å². The van der Waals surface area contributed by atoms with Crippen molar-refractivity contribution in [2.24, 2.45) is 0 Å². The molecule has 1 heterocycles. The van der Waals surface area contributed by atoms with Gasteiger partial charge in [0.05, 0.1) is 11.2 Å².